The van der Waals surface area contributed by atoms with E-state index in [1.807, 2.05) is 0 Å². The molecule has 0 aliphatic rings. The van der Waals surface area contributed by atoms with Crippen LogP contribution in [0.15, 0.2) is 0 Å². The van der Waals surface area contributed by atoms with Gasteiger partial charge < -0.3 is 37.2 Å². The smallest absolute Gasteiger partial charge is 1.00 e. The first-order chi connectivity index (χ1) is 0. The molecule has 0 aromatic carbocycles. The molecule has 0 aromatic rings. The second-order valence-corrected chi connectivity index (χ2v) is 0. The van der Waals surface area contributed by atoms with Crippen LogP contribution in [-0.2, 0) is 0 Å². The molecule has 0 spiro atoms. The van der Waals surface area contributed by atoms with E-state index in [1.165, 1.54) is 0 Å². The van der Waals surface area contributed by atoms with Gasteiger partial charge in [-0.2, -0.15) is 0 Å². The van der Waals surface area contributed by atoms with Crippen molar-refractivity contribution in [1.82, 2.24) is 0 Å². The van der Waals surface area contributed by atoms with Gasteiger partial charge in [-0.25, -0.2) is 0 Å². The van der Waals surface area contributed by atoms with E-state index in [-0.39, 0.29) is 51.5 Å². The first kappa shape index (κ1) is 60.1. The van der Waals surface area contributed by atoms with E-state index in [0.717, 1.165) is 0 Å². The zero-order valence-corrected chi connectivity index (χ0v) is 6.93. The normalized spacial score (nSPS) is 0. The minimum absolute atomic E-state index is 0. The number of halogens is 3. The van der Waals surface area contributed by atoms with E-state index in [2.05, 4.69) is 0 Å². The van der Waals surface area contributed by atoms with Crippen molar-refractivity contribution in [2.75, 3.05) is 0 Å². The third kappa shape index (κ3) is 10.5. The second-order valence-electron chi connectivity index (χ2n) is 0. The van der Waals surface area contributed by atoms with Crippen LogP contribution in [0.2, 0.25) is 0 Å². The van der Waals surface area contributed by atoms with Crippen LogP contribution < -0.4 is 37.2 Å². The van der Waals surface area contributed by atoms with Crippen LogP contribution in [0, 0.1) is 14.3 Å². The summed E-state index contributed by atoms with van der Waals surface area (Å²) in [6.45, 7) is 0. The van der Waals surface area contributed by atoms with Gasteiger partial charge in [0.2, 0.25) is 0 Å². The predicted molar refractivity (Wildman–Crippen MR) is 0 cm³/mol. The molecule has 0 heterocycles. The van der Waals surface area contributed by atoms with Crippen LogP contribution in [0.5, 0.6) is 0 Å². The van der Waals surface area contributed by atoms with Gasteiger partial charge >= 0.3 is 14.3 Å². The molecule has 0 N–H and O–H groups in total. The average Bonchev–Trinajstić information content (AvgIpc) is 0. The zero-order valence-electron chi connectivity index (χ0n) is 1.51. The molecule has 0 nitrogen and oxygen atoms in total. The third-order valence-corrected chi connectivity index (χ3v) is 0. The Morgan fingerprint density at radius 1 is 0.500 bits per heavy atom. The Balaban J connectivity index is 0. The van der Waals surface area contributed by atoms with E-state index in [0.29, 0.717) is 0 Å². The summed E-state index contributed by atoms with van der Waals surface area (Å²) in [6.07, 6.45) is 0. The Hall–Kier alpha value is 1.26. The van der Waals surface area contributed by atoms with Gasteiger partial charge in [-0.1, -0.05) is 0 Å². The molecule has 28 valence electrons. The van der Waals surface area contributed by atoms with E-state index in [9.17, 15) is 0 Å². The molecule has 0 aliphatic carbocycles. The van der Waals surface area contributed by atoms with Gasteiger partial charge in [-0.05, 0) is 0 Å². The summed E-state index contributed by atoms with van der Waals surface area (Å²) in [4.78, 5) is 0. The van der Waals surface area contributed by atoms with Crippen molar-refractivity contribution < 1.29 is 51.5 Å². The van der Waals surface area contributed by atoms with Gasteiger partial charge in [-0.3, -0.25) is 0 Å². The Bertz CT molecular complexity index is 3.25. The molecule has 0 fully saturated rings. The largest absolute Gasteiger partial charge is 3.00 e. The van der Waals surface area contributed by atoms with Crippen molar-refractivity contribution in [3.05, 3.63) is 0 Å². The second kappa shape index (κ2) is 28.5. The Morgan fingerprint density at radius 2 is 0.500 bits per heavy atom. The summed E-state index contributed by atoms with van der Waals surface area (Å²) in [5.74, 6) is 0. The van der Waals surface area contributed by atoms with Crippen LogP contribution in [0.3, 0.4) is 0 Å². The van der Waals surface area contributed by atoms with Crippen LogP contribution >= 0.6 is 0 Å². The van der Waals surface area contributed by atoms with E-state index < -0.39 is 0 Å². The van der Waals surface area contributed by atoms with Gasteiger partial charge in [0.1, 0.15) is 0 Å². The minimum Gasteiger partial charge on any atom is -1.00 e. The van der Waals surface area contributed by atoms with Gasteiger partial charge in [0.25, 0.3) is 0 Å². The Morgan fingerprint density at radius 3 is 0.500 bits per heavy atom. The van der Waals surface area contributed by atoms with Crippen LogP contribution in [0.4, 0.5) is 0 Å². The zero-order chi connectivity index (χ0) is 0. The molecule has 0 aliphatic heterocycles. The molecular formula is AmCl3. The fourth-order valence-electron chi connectivity index (χ4n) is 0. The van der Waals surface area contributed by atoms with Gasteiger partial charge in [0, 0.05) is 0 Å². The van der Waals surface area contributed by atoms with E-state index in [4.69, 9.17) is 0 Å². The van der Waals surface area contributed by atoms with E-state index in [1.54, 1.807) is 0 Å². The van der Waals surface area contributed by atoms with Crippen molar-refractivity contribution in [1.29, 1.82) is 0 Å². The molecule has 4 heavy (non-hydrogen) atoms. The molecule has 0 unspecified atom stereocenters. The van der Waals surface area contributed by atoms with Crippen molar-refractivity contribution in [2.24, 2.45) is 0 Å². The summed E-state index contributed by atoms with van der Waals surface area (Å²) in [5, 5.41) is 0. The summed E-state index contributed by atoms with van der Waals surface area (Å²) in [6, 6.07) is 0. The molecule has 4 heteroatoms. The molecule has 0 saturated carbocycles. The molecule has 0 amide bonds. The monoisotopic (exact) mass is 346 g/mol. The standard InChI is InChI=1S/Am.3ClH/h;3*1H/q+3;;;/p-3. The summed E-state index contributed by atoms with van der Waals surface area (Å²) < 4.78 is 0. The Labute approximate surface area is 51.8 Å². The summed E-state index contributed by atoms with van der Waals surface area (Å²) in [7, 11) is 0. The van der Waals surface area contributed by atoms with Crippen LogP contribution in [0.1, 0.15) is 0 Å². The fourth-order valence-corrected chi connectivity index (χ4v) is 0. The maximum atomic E-state index is 0. The molecule has 0 rings (SSSR count). The Kier molecular flexibility index (Phi) is 429. The molecule has 0 atom stereocenters. The van der Waals surface area contributed by atoms with Gasteiger partial charge in [0.15, 0.2) is 0 Å². The topological polar surface area (TPSA) is 0 Å². The van der Waals surface area contributed by atoms with Crippen molar-refractivity contribution in [3.8, 4) is 0 Å². The van der Waals surface area contributed by atoms with Crippen molar-refractivity contribution >= 4 is 0 Å². The van der Waals surface area contributed by atoms with E-state index >= 15 is 0 Å². The third-order valence-electron chi connectivity index (χ3n) is 0. The van der Waals surface area contributed by atoms with Crippen molar-refractivity contribution in [3.63, 3.8) is 0 Å². The van der Waals surface area contributed by atoms with Crippen LogP contribution in [-0.4, -0.2) is 0 Å². The number of rotatable bonds is 0. The number of hydrogen-bond acceptors (Lipinski definition) is 0. The average molecular weight is 349 g/mol. The quantitative estimate of drug-likeness (QED) is 0.408. The summed E-state index contributed by atoms with van der Waals surface area (Å²) >= 11 is 0. The molecule has 0 saturated heterocycles. The molecular weight excluding hydrogens is 349 g/mol. The van der Waals surface area contributed by atoms with Gasteiger partial charge in [0.05, 0.1) is 0 Å². The van der Waals surface area contributed by atoms with Gasteiger partial charge in [-0.15, -0.1) is 0 Å². The molecule has 0 bridgehead atoms. The molecule has 0 aromatic heterocycles. The number of hydrogen-bond donors (Lipinski definition) is 0. The minimum atomic E-state index is 0. The fraction of sp³-hybridized carbons (Fsp3) is 0. The predicted octanol–water partition coefficient (Wildman–Crippen LogP) is -8.99. The van der Waals surface area contributed by atoms with Crippen molar-refractivity contribution in [2.45, 2.75) is 0 Å². The summed E-state index contributed by atoms with van der Waals surface area (Å²) in [5.41, 5.74) is 0. The first-order valence-corrected chi connectivity index (χ1v) is 0. The first-order valence-electron chi connectivity index (χ1n) is 0. The van der Waals surface area contributed by atoms with Crippen LogP contribution in [0.25, 0.3) is 0 Å². The maximum Gasteiger partial charge on any atom is 3.00 e. The maximum absolute atomic E-state index is 0. The SMILES string of the molecule is [Am+3].[Cl-].[Cl-].[Cl-]. The molecule has 0 radical (unpaired) electrons.